The summed E-state index contributed by atoms with van der Waals surface area (Å²) in [5.74, 6) is 0.256. The molecule has 3 nitrogen and oxygen atoms in total. The highest BCUT2D eigenvalue weighted by molar-refractivity contribution is 5.81. The monoisotopic (exact) mass is 241 g/mol. The van der Waals surface area contributed by atoms with Gasteiger partial charge in [0.25, 0.3) is 0 Å². The smallest absolute Gasteiger partial charge is 0.217 e. The largest absolute Gasteiger partial charge is 0.342 e. The maximum atomic E-state index is 7.35. The number of allylic oxidation sites excluding steroid dienone is 1. The zero-order valence-corrected chi connectivity index (χ0v) is 12.8. The highest BCUT2D eigenvalue weighted by Crippen LogP contribution is 2.03. The molecule has 1 atom stereocenters. The number of guanidine groups is 1. The molecule has 0 heterocycles. The molecular weight excluding hydrogens is 210 g/mol. The van der Waals surface area contributed by atoms with Crippen LogP contribution in [-0.4, -0.2) is 30.7 Å². The minimum Gasteiger partial charge on any atom is -0.342 e. The highest BCUT2D eigenvalue weighted by atomic mass is 15.2. The zero-order valence-electron chi connectivity index (χ0n) is 12.8. The van der Waals surface area contributed by atoms with Gasteiger partial charge in [0.15, 0.2) is 0 Å². The highest BCUT2D eigenvalue weighted by Gasteiger charge is 2.09. The van der Waals surface area contributed by atoms with Crippen molar-refractivity contribution >= 4 is 12.7 Å². The van der Waals surface area contributed by atoms with Crippen molar-refractivity contribution in [2.45, 2.75) is 60.4 Å². The molecule has 1 N–H and O–H groups in total. The van der Waals surface area contributed by atoms with Crippen molar-refractivity contribution in [3.8, 4) is 0 Å². The Hall–Kier alpha value is -1.12. The van der Waals surface area contributed by atoms with Gasteiger partial charge in [0, 0.05) is 13.1 Å². The third-order valence-electron chi connectivity index (χ3n) is 1.85. The molecule has 0 saturated carbocycles. The van der Waals surface area contributed by atoms with Crippen LogP contribution in [0.4, 0.5) is 0 Å². The Labute approximate surface area is 108 Å². The Morgan fingerprint density at radius 1 is 1.35 bits per heavy atom. The summed E-state index contributed by atoms with van der Waals surface area (Å²) in [5.41, 5.74) is 1.17. The molecule has 0 aliphatic carbocycles. The van der Waals surface area contributed by atoms with Crippen molar-refractivity contribution in [3.63, 3.8) is 0 Å². The first-order chi connectivity index (χ1) is 7.86. The van der Waals surface area contributed by atoms with Crippen molar-refractivity contribution < 1.29 is 0 Å². The van der Waals surface area contributed by atoms with Crippen molar-refractivity contribution in [3.05, 3.63) is 12.2 Å². The Balaban J connectivity index is -0.000000275. The number of nitrogens with zero attached hydrogens (tertiary/aromatic N) is 2. The third-order valence-corrected chi connectivity index (χ3v) is 1.85. The first-order valence-electron chi connectivity index (χ1n) is 6.27. The molecule has 0 aromatic heterocycles. The molecule has 0 aromatic carbocycles. The number of nitrogens with one attached hydrogen (secondary N) is 1. The van der Waals surface area contributed by atoms with E-state index in [2.05, 4.69) is 32.1 Å². The van der Waals surface area contributed by atoms with Crippen LogP contribution in [-0.2, 0) is 0 Å². The van der Waals surface area contributed by atoms with Crippen molar-refractivity contribution in [2.75, 3.05) is 7.05 Å². The standard InChI is InChI=1S/C8H17N3.C4H8.C2H6/c1-5-6-7(2)11(4)8(9)10-3;1-4(2)3;1-2/h7,9H,3,5-6H2,1-2,4H3;1H2,2-3H3;1-2H3/t7-;;/m0../s1. The van der Waals surface area contributed by atoms with Crippen LogP contribution in [0.2, 0.25) is 0 Å². The lowest BCUT2D eigenvalue weighted by atomic mass is 10.2. The summed E-state index contributed by atoms with van der Waals surface area (Å²) in [6.45, 7) is 19.0. The van der Waals surface area contributed by atoms with E-state index in [1.807, 2.05) is 39.6 Å². The summed E-state index contributed by atoms with van der Waals surface area (Å²) in [4.78, 5) is 5.38. The first-order valence-corrected chi connectivity index (χ1v) is 6.27. The SMILES string of the molecule is C=C(C)C.C=NC(=N)N(C)[C@@H](C)CCC.CC. The van der Waals surface area contributed by atoms with Crippen molar-refractivity contribution in [1.29, 1.82) is 5.41 Å². The number of hydrogen-bond donors (Lipinski definition) is 1. The summed E-state index contributed by atoms with van der Waals surface area (Å²) < 4.78 is 0. The Morgan fingerprint density at radius 3 is 1.94 bits per heavy atom. The van der Waals surface area contributed by atoms with E-state index in [0.29, 0.717) is 6.04 Å². The molecule has 0 bridgehead atoms. The number of hydrogen-bond acceptors (Lipinski definition) is 1. The average molecular weight is 241 g/mol. The van der Waals surface area contributed by atoms with Crippen LogP contribution in [0, 0.1) is 5.41 Å². The molecule has 0 aliphatic heterocycles. The van der Waals surface area contributed by atoms with Gasteiger partial charge in [-0.2, -0.15) is 0 Å². The summed E-state index contributed by atoms with van der Waals surface area (Å²) >= 11 is 0. The van der Waals surface area contributed by atoms with Crippen LogP contribution in [0.3, 0.4) is 0 Å². The van der Waals surface area contributed by atoms with Crippen LogP contribution < -0.4 is 0 Å². The van der Waals surface area contributed by atoms with Gasteiger partial charge in [-0.25, -0.2) is 4.99 Å². The summed E-state index contributed by atoms with van der Waals surface area (Å²) in [7, 11) is 1.87. The van der Waals surface area contributed by atoms with Crippen LogP contribution >= 0.6 is 0 Å². The molecule has 0 saturated heterocycles. The summed E-state index contributed by atoms with van der Waals surface area (Å²) in [6, 6.07) is 0.387. The molecular formula is C14H31N3. The fraction of sp³-hybridized carbons (Fsp3) is 0.714. The fourth-order valence-electron chi connectivity index (χ4n) is 0.932. The predicted octanol–water partition coefficient (Wildman–Crippen LogP) is 4.35. The molecule has 3 heteroatoms. The van der Waals surface area contributed by atoms with Crippen LogP contribution in [0.1, 0.15) is 54.4 Å². The predicted molar refractivity (Wildman–Crippen MR) is 81.2 cm³/mol. The molecule has 0 aromatic rings. The zero-order chi connectivity index (χ0) is 14.4. The van der Waals surface area contributed by atoms with Gasteiger partial charge < -0.3 is 4.90 Å². The summed E-state index contributed by atoms with van der Waals surface area (Å²) in [6.07, 6.45) is 2.23. The van der Waals surface area contributed by atoms with E-state index in [-0.39, 0.29) is 5.96 Å². The minimum absolute atomic E-state index is 0.256. The summed E-state index contributed by atoms with van der Waals surface area (Å²) in [5, 5.41) is 7.35. The van der Waals surface area contributed by atoms with Gasteiger partial charge in [-0.05, 0) is 33.9 Å². The van der Waals surface area contributed by atoms with Crippen LogP contribution in [0.15, 0.2) is 17.1 Å². The van der Waals surface area contributed by atoms with Gasteiger partial charge in [0.05, 0.1) is 0 Å². The lowest BCUT2D eigenvalue weighted by Gasteiger charge is -2.24. The second-order valence-corrected chi connectivity index (χ2v) is 3.94. The van der Waals surface area contributed by atoms with E-state index in [4.69, 9.17) is 5.41 Å². The number of aliphatic imine (C=N–C) groups is 1. The van der Waals surface area contributed by atoms with Gasteiger partial charge in [-0.15, -0.1) is 6.58 Å². The lowest BCUT2D eigenvalue weighted by Crippen LogP contribution is -2.33. The molecule has 17 heavy (non-hydrogen) atoms. The minimum atomic E-state index is 0.256. The maximum Gasteiger partial charge on any atom is 0.217 e. The molecule has 0 amide bonds. The molecule has 0 spiro atoms. The quantitative estimate of drug-likeness (QED) is 0.445. The van der Waals surface area contributed by atoms with E-state index in [1.165, 1.54) is 5.57 Å². The normalized spacial score (nSPS) is 9.82. The van der Waals surface area contributed by atoms with E-state index >= 15 is 0 Å². The second kappa shape index (κ2) is 14.9. The van der Waals surface area contributed by atoms with E-state index in [0.717, 1.165) is 12.8 Å². The van der Waals surface area contributed by atoms with Crippen LogP contribution in [0.25, 0.3) is 0 Å². The first kappa shape index (κ1) is 21.2. The van der Waals surface area contributed by atoms with Crippen molar-refractivity contribution in [1.82, 2.24) is 4.90 Å². The molecule has 102 valence electrons. The second-order valence-electron chi connectivity index (χ2n) is 3.94. The Kier molecular flexibility index (Phi) is 18.6. The van der Waals surface area contributed by atoms with E-state index in [1.54, 1.807) is 0 Å². The van der Waals surface area contributed by atoms with Crippen molar-refractivity contribution in [2.24, 2.45) is 4.99 Å². The lowest BCUT2D eigenvalue weighted by molar-refractivity contribution is 0.362. The van der Waals surface area contributed by atoms with E-state index < -0.39 is 0 Å². The Bertz CT molecular complexity index is 206. The third kappa shape index (κ3) is 17.5. The van der Waals surface area contributed by atoms with E-state index in [9.17, 15) is 0 Å². The maximum absolute atomic E-state index is 7.35. The number of rotatable bonds is 3. The molecule has 0 radical (unpaired) electrons. The van der Waals surface area contributed by atoms with Gasteiger partial charge >= 0.3 is 0 Å². The molecule has 0 aliphatic rings. The van der Waals surface area contributed by atoms with Gasteiger partial charge in [-0.1, -0.05) is 32.8 Å². The fourth-order valence-corrected chi connectivity index (χ4v) is 0.932. The average Bonchev–Trinajstić information content (AvgIpc) is 2.29. The molecule has 0 fully saturated rings. The van der Waals surface area contributed by atoms with Gasteiger partial charge in [0.2, 0.25) is 5.96 Å². The van der Waals surface area contributed by atoms with Gasteiger partial charge in [-0.3, -0.25) is 5.41 Å². The molecule has 0 unspecified atom stereocenters. The van der Waals surface area contributed by atoms with Crippen LogP contribution in [0.5, 0.6) is 0 Å². The Morgan fingerprint density at radius 2 is 1.71 bits per heavy atom. The van der Waals surface area contributed by atoms with Gasteiger partial charge in [0.1, 0.15) is 0 Å². The molecule has 0 rings (SSSR count). The topological polar surface area (TPSA) is 39.5 Å².